The molecule has 1 heterocycles. The fourth-order valence-corrected chi connectivity index (χ4v) is 1.51. The first-order chi connectivity index (χ1) is 8.13. The number of nitriles is 1. The van der Waals surface area contributed by atoms with Crippen molar-refractivity contribution in [3.8, 4) is 11.8 Å². The highest BCUT2D eigenvalue weighted by atomic mass is 16.1. The van der Waals surface area contributed by atoms with Crippen LogP contribution in [0.3, 0.4) is 0 Å². The number of aryl methyl sites for hydroxylation is 1. The van der Waals surface area contributed by atoms with Gasteiger partial charge in [0, 0.05) is 0 Å². The zero-order chi connectivity index (χ0) is 12.4. The minimum Gasteiger partial charge on any atom is -0.264 e. The summed E-state index contributed by atoms with van der Waals surface area (Å²) in [7, 11) is 0. The van der Waals surface area contributed by atoms with Gasteiger partial charge < -0.3 is 0 Å². The Kier molecular flexibility index (Phi) is 2.71. The minimum absolute atomic E-state index is 0.201. The fraction of sp³-hybridized carbons (Fsp3) is 0.167. The smallest absolute Gasteiger partial charge is 0.264 e. The number of rotatable bonds is 1. The lowest BCUT2D eigenvalue weighted by molar-refractivity contribution is 0.777. The molecule has 0 aliphatic rings. The molecule has 2 aromatic rings. The molecule has 0 N–H and O–H groups in total. The van der Waals surface area contributed by atoms with Gasteiger partial charge >= 0.3 is 5.56 Å². The number of aromatic nitrogens is 3. The van der Waals surface area contributed by atoms with Gasteiger partial charge in [-0.25, -0.2) is 4.68 Å². The molecule has 84 valence electrons. The summed E-state index contributed by atoms with van der Waals surface area (Å²) in [4.78, 5) is 14.8. The molecule has 0 amide bonds. The normalized spacial score (nSPS) is 9.94. The van der Waals surface area contributed by atoms with E-state index in [0.717, 1.165) is 16.8 Å². The second kappa shape index (κ2) is 4.18. The quantitative estimate of drug-likeness (QED) is 0.730. The van der Waals surface area contributed by atoms with Crippen molar-refractivity contribution in [1.29, 1.82) is 5.26 Å². The molecule has 0 saturated heterocycles. The maximum absolute atomic E-state index is 11.2. The van der Waals surface area contributed by atoms with Crippen LogP contribution in [0.15, 0.2) is 29.3 Å². The van der Waals surface area contributed by atoms with E-state index in [-0.39, 0.29) is 5.69 Å². The predicted molar refractivity (Wildman–Crippen MR) is 61.8 cm³/mol. The van der Waals surface area contributed by atoms with Crippen LogP contribution < -0.4 is 5.56 Å². The lowest BCUT2D eigenvalue weighted by atomic mass is 10.1. The molecule has 0 aliphatic heterocycles. The Balaban J connectivity index is 2.66. The van der Waals surface area contributed by atoms with Crippen molar-refractivity contribution in [1.82, 2.24) is 14.8 Å². The molecule has 0 fully saturated rings. The van der Waals surface area contributed by atoms with Crippen molar-refractivity contribution in [2.24, 2.45) is 0 Å². The van der Waals surface area contributed by atoms with Crippen LogP contribution in [0.4, 0.5) is 0 Å². The third-order valence-corrected chi connectivity index (χ3v) is 2.62. The van der Waals surface area contributed by atoms with Crippen LogP contribution in [0.2, 0.25) is 0 Å². The number of hydrogen-bond donors (Lipinski definition) is 0. The van der Waals surface area contributed by atoms with Crippen molar-refractivity contribution in [2.75, 3.05) is 0 Å². The monoisotopic (exact) mass is 226 g/mol. The zero-order valence-electron chi connectivity index (χ0n) is 9.51. The summed E-state index contributed by atoms with van der Waals surface area (Å²) in [5.41, 5.74) is 2.16. The molecule has 17 heavy (non-hydrogen) atoms. The van der Waals surface area contributed by atoms with Crippen molar-refractivity contribution in [3.63, 3.8) is 0 Å². The van der Waals surface area contributed by atoms with E-state index in [1.54, 1.807) is 6.07 Å². The molecule has 0 spiro atoms. The lowest BCUT2D eigenvalue weighted by Crippen LogP contribution is -2.18. The molecule has 0 aliphatic carbocycles. The first-order valence-corrected chi connectivity index (χ1v) is 5.06. The van der Waals surface area contributed by atoms with E-state index in [0.29, 0.717) is 0 Å². The van der Waals surface area contributed by atoms with Gasteiger partial charge in [-0.1, -0.05) is 12.1 Å². The van der Waals surface area contributed by atoms with Crippen molar-refractivity contribution < 1.29 is 0 Å². The fourth-order valence-electron chi connectivity index (χ4n) is 1.51. The first kappa shape index (κ1) is 11.0. The summed E-state index contributed by atoms with van der Waals surface area (Å²) < 4.78 is 1.45. The molecule has 2 rings (SSSR count). The third-order valence-electron chi connectivity index (χ3n) is 2.62. The first-order valence-electron chi connectivity index (χ1n) is 5.06. The van der Waals surface area contributed by atoms with Crippen LogP contribution >= 0.6 is 0 Å². The average Bonchev–Trinajstić information content (AvgIpc) is 2.34. The van der Waals surface area contributed by atoms with Crippen LogP contribution in [0, 0.1) is 25.2 Å². The van der Waals surface area contributed by atoms with Crippen LogP contribution in [-0.4, -0.2) is 14.8 Å². The predicted octanol–water partition coefficient (Wildman–Crippen LogP) is 1.12. The lowest BCUT2D eigenvalue weighted by Gasteiger charge is -2.09. The molecule has 0 bridgehead atoms. The average molecular weight is 226 g/mol. The second-order valence-corrected chi connectivity index (χ2v) is 3.67. The van der Waals surface area contributed by atoms with Crippen LogP contribution in [0.1, 0.15) is 16.8 Å². The van der Waals surface area contributed by atoms with Gasteiger partial charge in [-0.3, -0.25) is 4.79 Å². The van der Waals surface area contributed by atoms with E-state index in [1.807, 2.05) is 32.0 Å². The summed E-state index contributed by atoms with van der Waals surface area (Å²) in [6.45, 7) is 3.94. The molecule has 5 nitrogen and oxygen atoms in total. The van der Waals surface area contributed by atoms with Gasteiger partial charge in [-0.15, -0.1) is 5.10 Å². The van der Waals surface area contributed by atoms with Gasteiger partial charge in [0.15, 0.2) is 0 Å². The summed E-state index contributed by atoms with van der Waals surface area (Å²) in [5.74, 6) is 0. The van der Waals surface area contributed by atoms with Crippen LogP contribution in [0.25, 0.3) is 5.69 Å². The van der Waals surface area contributed by atoms with Crippen LogP contribution in [0.5, 0.6) is 0 Å². The molecule has 1 aromatic heterocycles. The van der Waals surface area contributed by atoms with E-state index in [2.05, 4.69) is 10.1 Å². The summed E-state index contributed by atoms with van der Waals surface area (Å²) >= 11 is 0. The highest BCUT2D eigenvalue weighted by Gasteiger charge is 2.06. The number of benzene rings is 1. The number of hydrogen-bond acceptors (Lipinski definition) is 4. The molecule has 5 heteroatoms. The summed E-state index contributed by atoms with van der Waals surface area (Å²) in [6, 6.07) is 7.47. The molecular weight excluding hydrogens is 216 g/mol. The summed E-state index contributed by atoms with van der Waals surface area (Å²) in [5, 5.41) is 12.7. The van der Waals surface area contributed by atoms with Gasteiger partial charge in [0.25, 0.3) is 0 Å². The third kappa shape index (κ3) is 1.93. The maximum atomic E-state index is 11.2. The standard InChI is InChI=1S/C12H10N4O/c1-8-4-3-5-11(9(8)2)16-7-14-12(17)10(6-13)15-16/h3-5,7H,1-2H3. The Hall–Kier alpha value is -2.48. The number of nitrogens with zero attached hydrogens (tertiary/aromatic N) is 4. The van der Waals surface area contributed by atoms with E-state index in [4.69, 9.17) is 5.26 Å². The highest BCUT2D eigenvalue weighted by molar-refractivity contribution is 5.43. The molecule has 0 saturated carbocycles. The van der Waals surface area contributed by atoms with Crippen molar-refractivity contribution in [2.45, 2.75) is 13.8 Å². The van der Waals surface area contributed by atoms with Crippen LogP contribution in [-0.2, 0) is 0 Å². The Labute approximate surface area is 98.0 Å². The van der Waals surface area contributed by atoms with Gasteiger partial charge in [-0.05, 0) is 31.0 Å². The largest absolute Gasteiger partial charge is 0.309 e. The van der Waals surface area contributed by atoms with E-state index in [1.165, 1.54) is 11.0 Å². The van der Waals surface area contributed by atoms with Crippen molar-refractivity contribution >= 4 is 0 Å². The Morgan fingerprint density at radius 2 is 2.12 bits per heavy atom. The molecule has 1 aromatic carbocycles. The topological polar surface area (TPSA) is 71.6 Å². The van der Waals surface area contributed by atoms with E-state index >= 15 is 0 Å². The summed E-state index contributed by atoms with van der Waals surface area (Å²) in [6.07, 6.45) is 1.32. The van der Waals surface area contributed by atoms with Gasteiger partial charge in [0.1, 0.15) is 12.4 Å². The van der Waals surface area contributed by atoms with Gasteiger partial charge in [0.05, 0.1) is 5.69 Å². The highest BCUT2D eigenvalue weighted by Crippen LogP contribution is 2.15. The van der Waals surface area contributed by atoms with E-state index in [9.17, 15) is 4.79 Å². The van der Waals surface area contributed by atoms with Gasteiger partial charge in [0.2, 0.25) is 5.69 Å². The minimum atomic E-state index is -0.603. The molecule has 0 unspecified atom stereocenters. The van der Waals surface area contributed by atoms with E-state index < -0.39 is 5.56 Å². The second-order valence-electron chi connectivity index (χ2n) is 3.67. The zero-order valence-corrected chi connectivity index (χ0v) is 9.51. The molecule has 0 atom stereocenters. The van der Waals surface area contributed by atoms with Crippen molar-refractivity contribution in [3.05, 3.63) is 51.7 Å². The Bertz CT molecular complexity index is 667. The molecule has 0 radical (unpaired) electrons. The van der Waals surface area contributed by atoms with Gasteiger partial charge in [-0.2, -0.15) is 10.2 Å². The SMILES string of the molecule is Cc1cccc(-n2cnc(=O)c(C#N)n2)c1C. The Morgan fingerprint density at radius 3 is 2.82 bits per heavy atom. The Morgan fingerprint density at radius 1 is 1.35 bits per heavy atom. The maximum Gasteiger partial charge on any atom is 0.309 e. The molecular formula is C12H10N4O.